The van der Waals surface area contributed by atoms with Crippen LogP contribution in [0.1, 0.15) is 12.5 Å². The first-order valence-corrected chi connectivity index (χ1v) is 8.14. The number of fused-ring (bicyclic) bond motifs is 1. The van der Waals surface area contributed by atoms with E-state index in [1.165, 1.54) is 10.9 Å². The van der Waals surface area contributed by atoms with E-state index < -0.39 is 0 Å². The fourth-order valence-electron chi connectivity index (χ4n) is 2.70. The Bertz CT molecular complexity index is 584. The number of pyridine rings is 1. The van der Waals surface area contributed by atoms with Crippen LogP contribution in [0.3, 0.4) is 0 Å². The summed E-state index contributed by atoms with van der Waals surface area (Å²) in [7, 11) is 0. The van der Waals surface area contributed by atoms with Gasteiger partial charge in [0.1, 0.15) is 0 Å². The molecular weight excluding hydrogens is 316 g/mol. The van der Waals surface area contributed by atoms with Crippen molar-refractivity contribution in [3.05, 3.63) is 42.1 Å². The van der Waals surface area contributed by atoms with Crippen LogP contribution in [0.5, 0.6) is 0 Å². The Balaban J connectivity index is 1.85. The highest BCUT2D eigenvalue weighted by molar-refractivity contribution is 9.09. The van der Waals surface area contributed by atoms with Crippen LogP contribution in [0, 0.1) is 0 Å². The van der Waals surface area contributed by atoms with E-state index in [0.29, 0.717) is 12.1 Å². The summed E-state index contributed by atoms with van der Waals surface area (Å²) in [4.78, 5) is 6.93. The summed E-state index contributed by atoms with van der Waals surface area (Å²) in [6, 6.07) is 10.9. The van der Waals surface area contributed by atoms with Gasteiger partial charge in [0.15, 0.2) is 0 Å². The normalized spacial score (nSPS) is 24.1. The predicted octanol–water partition coefficient (Wildman–Crippen LogP) is 3.22. The lowest BCUT2D eigenvalue weighted by molar-refractivity contribution is -0.0498. The molecule has 1 aliphatic rings. The summed E-state index contributed by atoms with van der Waals surface area (Å²) >= 11 is 3.52. The molecule has 0 amide bonds. The van der Waals surface area contributed by atoms with Crippen molar-refractivity contribution in [1.29, 1.82) is 0 Å². The second-order valence-corrected chi connectivity index (χ2v) is 6.02. The van der Waals surface area contributed by atoms with Gasteiger partial charge in [-0.1, -0.05) is 34.1 Å². The van der Waals surface area contributed by atoms with Crippen molar-refractivity contribution in [3.8, 4) is 0 Å². The fourth-order valence-corrected chi connectivity index (χ4v) is 3.09. The quantitative estimate of drug-likeness (QED) is 0.806. The number of nitrogens with zero attached hydrogens (tertiary/aromatic N) is 2. The van der Waals surface area contributed by atoms with Gasteiger partial charge in [0.05, 0.1) is 18.2 Å². The highest BCUT2D eigenvalue weighted by Gasteiger charge is 2.25. The number of morpholine rings is 1. The lowest BCUT2D eigenvalue weighted by Crippen LogP contribution is -2.48. The smallest absolute Gasteiger partial charge is 0.0799 e. The van der Waals surface area contributed by atoms with Gasteiger partial charge in [-0.2, -0.15) is 0 Å². The number of hydrogen-bond acceptors (Lipinski definition) is 3. The number of rotatable bonds is 3. The topological polar surface area (TPSA) is 25.4 Å². The maximum Gasteiger partial charge on any atom is 0.0799 e. The van der Waals surface area contributed by atoms with Gasteiger partial charge < -0.3 is 4.74 Å². The van der Waals surface area contributed by atoms with Crippen molar-refractivity contribution in [3.63, 3.8) is 0 Å². The van der Waals surface area contributed by atoms with Crippen molar-refractivity contribution in [2.24, 2.45) is 0 Å². The lowest BCUT2D eigenvalue weighted by Gasteiger charge is -2.37. The van der Waals surface area contributed by atoms with Gasteiger partial charge in [0.25, 0.3) is 0 Å². The van der Waals surface area contributed by atoms with Crippen molar-refractivity contribution in [2.45, 2.75) is 25.6 Å². The molecule has 2 atom stereocenters. The lowest BCUT2D eigenvalue weighted by atomic mass is 10.1. The predicted molar refractivity (Wildman–Crippen MR) is 85.1 cm³/mol. The van der Waals surface area contributed by atoms with Crippen molar-refractivity contribution in [1.82, 2.24) is 9.88 Å². The molecule has 0 N–H and O–H groups in total. The first kappa shape index (κ1) is 14.0. The molecule has 1 fully saturated rings. The summed E-state index contributed by atoms with van der Waals surface area (Å²) < 4.78 is 5.79. The maximum absolute atomic E-state index is 5.79. The summed E-state index contributed by atoms with van der Waals surface area (Å²) in [5.74, 6) is 0. The first-order chi connectivity index (χ1) is 9.78. The minimum absolute atomic E-state index is 0.291. The number of alkyl halides is 1. The molecule has 0 radical (unpaired) electrons. The Hall–Kier alpha value is -0.970. The standard InChI is InChI=1S/C16H19BrN2O/c1-12-11-20-14(8-17)10-19(12)9-13-6-7-18-16-5-3-2-4-15(13)16/h2-7,12,14H,8-11H2,1H3. The molecule has 3 nitrogen and oxygen atoms in total. The zero-order valence-corrected chi connectivity index (χ0v) is 13.2. The molecule has 0 spiro atoms. The van der Waals surface area contributed by atoms with Crippen LogP contribution in [0.25, 0.3) is 10.9 Å². The third-order valence-electron chi connectivity index (χ3n) is 3.92. The maximum atomic E-state index is 5.79. The summed E-state index contributed by atoms with van der Waals surface area (Å²) in [6.45, 7) is 4.97. The average Bonchev–Trinajstić information content (AvgIpc) is 2.50. The molecule has 1 aromatic carbocycles. The highest BCUT2D eigenvalue weighted by atomic mass is 79.9. The monoisotopic (exact) mass is 334 g/mol. The Morgan fingerprint density at radius 2 is 2.20 bits per heavy atom. The van der Waals surface area contributed by atoms with Gasteiger partial charge >= 0.3 is 0 Å². The number of hydrogen-bond donors (Lipinski definition) is 0. The van der Waals surface area contributed by atoms with E-state index in [4.69, 9.17) is 4.74 Å². The average molecular weight is 335 g/mol. The van der Waals surface area contributed by atoms with E-state index in [2.05, 4.69) is 57.0 Å². The Morgan fingerprint density at radius 3 is 3.05 bits per heavy atom. The minimum atomic E-state index is 0.291. The molecule has 0 aliphatic carbocycles. The van der Waals surface area contributed by atoms with Crippen LogP contribution >= 0.6 is 15.9 Å². The molecule has 0 bridgehead atoms. The van der Waals surface area contributed by atoms with Crippen LogP contribution in [-0.4, -0.2) is 40.5 Å². The number of para-hydroxylation sites is 1. The van der Waals surface area contributed by atoms with Crippen LogP contribution in [0.15, 0.2) is 36.5 Å². The van der Waals surface area contributed by atoms with E-state index >= 15 is 0 Å². The highest BCUT2D eigenvalue weighted by Crippen LogP contribution is 2.21. The SMILES string of the molecule is CC1COC(CBr)CN1Cc1ccnc2ccccc12. The van der Waals surface area contributed by atoms with E-state index in [1.54, 1.807) is 0 Å². The second kappa shape index (κ2) is 6.20. The molecule has 2 heterocycles. The van der Waals surface area contributed by atoms with Gasteiger partial charge in [-0.3, -0.25) is 9.88 Å². The third kappa shape index (κ3) is 2.87. The van der Waals surface area contributed by atoms with E-state index in [9.17, 15) is 0 Å². The molecule has 0 saturated carbocycles. The summed E-state index contributed by atoms with van der Waals surface area (Å²) in [5.41, 5.74) is 2.42. The van der Waals surface area contributed by atoms with Gasteiger partial charge in [-0.15, -0.1) is 0 Å². The molecule has 3 rings (SSSR count). The van der Waals surface area contributed by atoms with Crippen LogP contribution < -0.4 is 0 Å². The van der Waals surface area contributed by atoms with E-state index in [1.807, 2.05) is 12.3 Å². The second-order valence-electron chi connectivity index (χ2n) is 5.38. The number of aromatic nitrogens is 1. The molecule has 106 valence electrons. The zero-order valence-electron chi connectivity index (χ0n) is 11.6. The van der Waals surface area contributed by atoms with Crippen molar-refractivity contribution in [2.75, 3.05) is 18.5 Å². The third-order valence-corrected chi connectivity index (χ3v) is 4.64. The molecule has 4 heteroatoms. The van der Waals surface area contributed by atoms with Gasteiger partial charge in [-0.25, -0.2) is 0 Å². The van der Waals surface area contributed by atoms with Crippen molar-refractivity contribution >= 4 is 26.8 Å². The van der Waals surface area contributed by atoms with Gasteiger partial charge in [0.2, 0.25) is 0 Å². The fraction of sp³-hybridized carbons (Fsp3) is 0.438. The van der Waals surface area contributed by atoms with Gasteiger partial charge in [0, 0.05) is 36.0 Å². The zero-order chi connectivity index (χ0) is 13.9. The molecule has 1 saturated heterocycles. The van der Waals surface area contributed by atoms with Crippen molar-refractivity contribution < 1.29 is 4.74 Å². The Labute approximate surface area is 128 Å². The van der Waals surface area contributed by atoms with Gasteiger partial charge in [-0.05, 0) is 24.6 Å². The van der Waals surface area contributed by atoms with Crippen LogP contribution in [-0.2, 0) is 11.3 Å². The summed E-state index contributed by atoms with van der Waals surface area (Å²) in [5, 5.41) is 2.15. The molecule has 20 heavy (non-hydrogen) atoms. The molecule has 2 unspecified atom stereocenters. The number of ether oxygens (including phenoxy) is 1. The first-order valence-electron chi connectivity index (χ1n) is 7.02. The molecule has 1 aromatic heterocycles. The van der Waals surface area contributed by atoms with Crippen LogP contribution in [0.4, 0.5) is 0 Å². The van der Waals surface area contributed by atoms with E-state index in [0.717, 1.165) is 30.5 Å². The number of benzene rings is 1. The molecule has 1 aliphatic heterocycles. The molecular formula is C16H19BrN2O. The Kier molecular flexibility index (Phi) is 4.34. The summed E-state index contributed by atoms with van der Waals surface area (Å²) in [6.07, 6.45) is 2.20. The van der Waals surface area contributed by atoms with E-state index in [-0.39, 0.29) is 0 Å². The molecule has 2 aromatic rings. The minimum Gasteiger partial charge on any atom is -0.374 e. The largest absolute Gasteiger partial charge is 0.374 e. The Morgan fingerprint density at radius 1 is 1.35 bits per heavy atom. The van der Waals surface area contributed by atoms with Crippen LogP contribution in [0.2, 0.25) is 0 Å². The number of halogens is 1.